The average molecular weight is 399 g/mol. The van der Waals surface area contributed by atoms with Gasteiger partial charge in [0.1, 0.15) is 0 Å². The SMILES string of the molecule is COc1ccc(Cc2cc([C@H]3C[C@@H](O)C[C@@H](CO)O3)ccc2Cl)c(F)c1F. The van der Waals surface area contributed by atoms with Gasteiger partial charge in [-0.2, -0.15) is 4.39 Å². The van der Waals surface area contributed by atoms with Crippen molar-refractivity contribution in [1.29, 1.82) is 0 Å². The third kappa shape index (κ3) is 4.41. The van der Waals surface area contributed by atoms with Crippen LogP contribution in [-0.2, 0) is 11.2 Å². The summed E-state index contributed by atoms with van der Waals surface area (Å²) < 4.78 is 38.8. The molecule has 2 aromatic carbocycles. The fraction of sp³-hybridized carbons (Fsp3) is 0.400. The molecule has 1 aliphatic heterocycles. The highest BCUT2D eigenvalue weighted by atomic mass is 35.5. The summed E-state index contributed by atoms with van der Waals surface area (Å²) in [4.78, 5) is 0. The maximum Gasteiger partial charge on any atom is 0.200 e. The Morgan fingerprint density at radius 3 is 2.63 bits per heavy atom. The third-order valence-corrected chi connectivity index (χ3v) is 5.12. The predicted molar refractivity (Wildman–Crippen MR) is 97.1 cm³/mol. The highest BCUT2D eigenvalue weighted by Gasteiger charge is 2.29. The summed E-state index contributed by atoms with van der Waals surface area (Å²) in [7, 11) is 1.27. The second-order valence-electron chi connectivity index (χ2n) is 6.64. The Labute approximate surface area is 161 Å². The first-order chi connectivity index (χ1) is 12.9. The molecule has 0 unspecified atom stereocenters. The van der Waals surface area contributed by atoms with E-state index in [1.807, 2.05) is 0 Å². The lowest BCUT2D eigenvalue weighted by atomic mass is 9.94. The Balaban J connectivity index is 1.87. The van der Waals surface area contributed by atoms with Crippen LogP contribution in [0.2, 0.25) is 5.02 Å². The van der Waals surface area contributed by atoms with Gasteiger partial charge < -0.3 is 19.7 Å². The number of methoxy groups -OCH3 is 1. The smallest absolute Gasteiger partial charge is 0.200 e. The van der Waals surface area contributed by atoms with E-state index in [0.717, 1.165) is 5.56 Å². The van der Waals surface area contributed by atoms with Crippen LogP contribution < -0.4 is 4.74 Å². The molecule has 4 nitrogen and oxygen atoms in total. The Kier molecular flexibility index (Phi) is 6.32. The zero-order valence-electron chi connectivity index (χ0n) is 14.8. The molecule has 0 amide bonds. The monoisotopic (exact) mass is 398 g/mol. The minimum atomic E-state index is -1.04. The molecule has 3 rings (SSSR count). The first-order valence-electron chi connectivity index (χ1n) is 8.66. The quantitative estimate of drug-likeness (QED) is 0.804. The van der Waals surface area contributed by atoms with Gasteiger partial charge >= 0.3 is 0 Å². The molecule has 2 aromatic rings. The molecule has 146 valence electrons. The molecular weight excluding hydrogens is 378 g/mol. The molecule has 1 fully saturated rings. The summed E-state index contributed by atoms with van der Waals surface area (Å²) in [5.74, 6) is -2.16. The summed E-state index contributed by atoms with van der Waals surface area (Å²) in [5, 5.41) is 19.7. The van der Waals surface area contributed by atoms with Gasteiger partial charge in [0.05, 0.1) is 32.0 Å². The van der Waals surface area contributed by atoms with Crippen molar-refractivity contribution in [2.75, 3.05) is 13.7 Å². The van der Waals surface area contributed by atoms with Gasteiger partial charge in [0.25, 0.3) is 0 Å². The number of halogens is 3. The van der Waals surface area contributed by atoms with E-state index < -0.39 is 29.9 Å². The van der Waals surface area contributed by atoms with Crippen molar-refractivity contribution in [1.82, 2.24) is 0 Å². The molecule has 1 heterocycles. The van der Waals surface area contributed by atoms with Gasteiger partial charge in [-0.25, -0.2) is 4.39 Å². The Hall–Kier alpha value is -1.73. The highest BCUT2D eigenvalue weighted by Crippen LogP contribution is 2.34. The van der Waals surface area contributed by atoms with Crippen LogP contribution in [0.3, 0.4) is 0 Å². The van der Waals surface area contributed by atoms with Crippen LogP contribution >= 0.6 is 11.6 Å². The fourth-order valence-electron chi connectivity index (χ4n) is 3.32. The van der Waals surface area contributed by atoms with Crippen molar-refractivity contribution in [2.24, 2.45) is 0 Å². The van der Waals surface area contributed by atoms with E-state index in [1.54, 1.807) is 18.2 Å². The predicted octanol–water partition coefficient (Wildman–Crippen LogP) is 3.79. The minimum Gasteiger partial charge on any atom is -0.494 e. The van der Waals surface area contributed by atoms with Crippen LogP contribution in [-0.4, -0.2) is 36.1 Å². The summed E-state index contributed by atoms with van der Waals surface area (Å²) in [6.07, 6.45) is -0.552. The lowest BCUT2D eigenvalue weighted by Crippen LogP contribution is -2.33. The molecule has 0 spiro atoms. The van der Waals surface area contributed by atoms with Gasteiger partial charge in [0.2, 0.25) is 5.82 Å². The number of hydrogen-bond acceptors (Lipinski definition) is 4. The van der Waals surface area contributed by atoms with E-state index in [0.29, 0.717) is 23.4 Å². The van der Waals surface area contributed by atoms with E-state index in [-0.39, 0.29) is 24.3 Å². The molecule has 0 radical (unpaired) electrons. The topological polar surface area (TPSA) is 58.9 Å². The zero-order chi connectivity index (χ0) is 19.6. The summed E-state index contributed by atoms with van der Waals surface area (Å²) in [6.45, 7) is -0.176. The molecule has 27 heavy (non-hydrogen) atoms. The first-order valence-corrected chi connectivity index (χ1v) is 9.04. The number of ether oxygens (including phenoxy) is 2. The number of benzene rings is 2. The lowest BCUT2D eigenvalue weighted by Gasteiger charge is -2.32. The second kappa shape index (κ2) is 8.52. The summed E-state index contributed by atoms with van der Waals surface area (Å²) in [6, 6.07) is 8.04. The molecule has 1 saturated heterocycles. The van der Waals surface area contributed by atoms with E-state index in [4.69, 9.17) is 21.1 Å². The molecular formula is C20H21ClF2O4. The van der Waals surface area contributed by atoms with Crippen LogP contribution in [0.15, 0.2) is 30.3 Å². The molecule has 0 saturated carbocycles. The number of aliphatic hydroxyl groups excluding tert-OH is 2. The van der Waals surface area contributed by atoms with E-state index in [2.05, 4.69) is 0 Å². The van der Waals surface area contributed by atoms with Crippen LogP contribution in [0.4, 0.5) is 8.78 Å². The summed E-state index contributed by atoms with van der Waals surface area (Å²) in [5.41, 5.74) is 1.54. The Morgan fingerprint density at radius 1 is 1.15 bits per heavy atom. The van der Waals surface area contributed by atoms with Gasteiger partial charge in [0, 0.05) is 24.3 Å². The Morgan fingerprint density at radius 2 is 1.93 bits per heavy atom. The van der Waals surface area contributed by atoms with Crippen molar-refractivity contribution in [3.8, 4) is 5.75 Å². The van der Waals surface area contributed by atoms with Gasteiger partial charge in [-0.05, 0) is 28.8 Å². The van der Waals surface area contributed by atoms with Gasteiger partial charge in [-0.15, -0.1) is 0 Å². The van der Waals surface area contributed by atoms with E-state index in [9.17, 15) is 19.0 Å². The standard InChI is InChI=1S/C20H21ClF2O4/c1-26-17-5-3-12(19(22)20(17)23)7-13-6-11(2-4-16(13)21)18-9-14(25)8-15(10-24)27-18/h2-6,14-15,18,24-25H,7-10H2,1H3/t14-,15-,18+/m0/s1. The number of rotatable bonds is 5. The third-order valence-electron chi connectivity index (χ3n) is 4.75. The summed E-state index contributed by atoms with van der Waals surface area (Å²) >= 11 is 6.25. The van der Waals surface area contributed by atoms with Crippen LogP contribution in [0.25, 0.3) is 0 Å². The van der Waals surface area contributed by atoms with Crippen molar-refractivity contribution in [3.63, 3.8) is 0 Å². The molecule has 0 bridgehead atoms. The molecule has 7 heteroatoms. The van der Waals surface area contributed by atoms with Crippen LogP contribution in [0.1, 0.15) is 35.6 Å². The normalized spacial score (nSPS) is 22.7. The van der Waals surface area contributed by atoms with Crippen molar-refractivity contribution in [2.45, 2.75) is 37.6 Å². The first kappa shape index (κ1) is 20.0. The van der Waals surface area contributed by atoms with E-state index >= 15 is 0 Å². The van der Waals surface area contributed by atoms with Crippen molar-refractivity contribution < 1.29 is 28.5 Å². The maximum atomic E-state index is 14.3. The van der Waals surface area contributed by atoms with Gasteiger partial charge in [0.15, 0.2) is 11.6 Å². The average Bonchev–Trinajstić information content (AvgIpc) is 2.66. The van der Waals surface area contributed by atoms with E-state index in [1.165, 1.54) is 19.2 Å². The zero-order valence-corrected chi connectivity index (χ0v) is 15.5. The molecule has 1 aliphatic rings. The largest absolute Gasteiger partial charge is 0.494 e. The van der Waals surface area contributed by atoms with Crippen molar-refractivity contribution >= 4 is 11.6 Å². The molecule has 0 aliphatic carbocycles. The van der Waals surface area contributed by atoms with Gasteiger partial charge in [-0.3, -0.25) is 0 Å². The molecule has 3 atom stereocenters. The van der Waals surface area contributed by atoms with Crippen molar-refractivity contribution in [3.05, 3.63) is 63.7 Å². The Bertz CT molecular complexity index is 815. The number of aliphatic hydroxyl groups is 2. The number of hydrogen-bond donors (Lipinski definition) is 2. The fourth-order valence-corrected chi connectivity index (χ4v) is 3.51. The maximum absolute atomic E-state index is 14.3. The van der Waals surface area contributed by atoms with Crippen LogP contribution in [0, 0.1) is 11.6 Å². The highest BCUT2D eigenvalue weighted by molar-refractivity contribution is 6.31. The van der Waals surface area contributed by atoms with Crippen LogP contribution in [0.5, 0.6) is 5.75 Å². The second-order valence-corrected chi connectivity index (χ2v) is 7.04. The van der Waals surface area contributed by atoms with Gasteiger partial charge in [-0.1, -0.05) is 29.8 Å². The molecule has 0 aromatic heterocycles. The lowest BCUT2D eigenvalue weighted by molar-refractivity contribution is -0.113. The minimum absolute atomic E-state index is 0.0954. The molecule has 2 N–H and O–H groups in total.